The molecule has 12 nitrogen and oxygen atoms in total. The number of carbonyl (C=O) groups is 1. The van der Waals surface area contributed by atoms with Crippen LogP contribution in [0.2, 0.25) is 0 Å². The first-order valence-corrected chi connectivity index (χ1v) is 10.8. The van der Waals surface area contributed by atoms with Crippen molar-refractivity contribution in [2.45, 2.75) is 65.0 Å². The molecule has 0 aromatic carbocycles. The average molecular weight is 491 g/mol. The second-order valence-corrected chi connectivity index (χ2v) is 7.74. The van der Waals surface area contributed by atoms with Crippen LogP contribution in [-0.2, 0) is 19.0 Å². The molecule has 0 aliphatic carbocycles. The molecule has 0 saturated heterocycles. The maximum absolute atomic E-state index is 15.5. The minimum Gasteiger partial charge on any atom is -0.476 e. The number of aliphatic hydroxyl groups is 1. The lowest BCUT2D eigenvalue weighted by Crippen LogP contribution is -2.47. The van der Waals surface area contributed by atoms with Gasteiger partial charge in [-0.25, -0.2) is 13.8 Å². The number of nitrogens with one attached hydrogen (secondary N) is 1. The normalized spacial score (nSPS) is 16.3. The zero-order valence-corrected chi connectivity index (χ0v) is 19.8. The van der Waals surface area contributed by atoms with E-state index in [4.69, 9.17) is 24.7 Å². The molecule has 192 valence electrons. The largest absolute Gasteiger partial charge is 0.476 e. The number of nitrogen functional groups attached to an aromatic ring is 1. The van der Waals surface area contributed by atoms with Gasteiger partial charge in [-0.2, -0.15) is 9.97 Å². The van der Waals surface area contributed by atoms with E-state index < -0.39 is 43.5 Å². The Labute approximate surface area is 195 Å². The van der Waals surface area contributed by atoms with Crippen LogP contribution in [0.4, 0.5) is 14.7 Å². The van der Waals surface area contributed by atoms with Crippen molar-refractivity contribution in [3.8, 4) is 5.88 Å². The van der Waals surface area contributed by atoms with Crippen LogP contribution >= 0.6 is 0 Å². The van der Waals surface area contributed by atoms with Crippen LogP contribution in [0.5, 0.6) is 5.88 Å². The third-order valence-electron chi connectivity index (χ3n) is 4.58. The lowest BCUT2D eigenvalue weighted by molar-refractivity contribution is -0.269. The van der Waals surface area contributed by atoms with Crippen molar-refractivity contribution >= 4 is 23.1 Å². The Balaban J connectivity index is 2.11. The van der Waals surface area contributed by atoms with Gasteiger partial charge in [0.15, 0.2) is 17.4 Å². The van der Waals surface area contributed by atoms with Crippen LogP contribution in [0.1, 0.15) is 40.8 Å². The molecule has 0 aliphatic heterocycles. The number of alkyl halides is 2. The van der Waals surface area contributed by atoms with Gasteiger partial charge in [0.1, 0.15) is 25.4 Å². The van der Waals surface area contributed by atoms with Gasteiger partial charge >= 0.3 is 5.97 Å². The van der Waals surface area contributed by atoms with E-state index >= 15 is 4.39 Å². The Morgan fingerprint density at radius 3 is 2.62 bits per heavy atom. The van der Waals surface area contributed by atoms with E-state index in [2.05, 4.69) is 20.3 Å². The van der Waals surface area contributed by atoms with Crippen molar-refractivity contribution in [3.63, 3.8) is 0 Å². The standard InChI is InChI=1S/C20H32F2N6O6/c1-6-32-17-15-16(26-19(23)27-17)28(9-24-15)14(7-21)34-20(22,13(5)29)8-31-10-25-12(4)18(30)33-11(2)3/h9,11-14,25,29H,6-8,10H2,1-5H3,(H2,23,26,27)/t12?,13-,14+,20+/m0/s1. The topological polar surface area (TPSA) is 156 Å². The van der Waals surface area contributed by atoms with Crippen LogP contribution in [-0.4, -0.2) is 81.3 Å². The van der Waals surface area contributed by atoms with Gasteiger partial charge in [0, 0.05) is 0 Å². The molecular formula is C20H32F2N6O6. The van der Waals surface area contributed by atoms with Crippen molar-refractivity contribution < 1.29 is 37.6 Å². The number of nitrogens with two attached hydrogens (primary N) is 1. The first kappa shape index (κ1) is 27.6. The number of carbonyl (C=O) groups excluding carboxylic acids is 1. The molecule has 2 aromatic heterocycles. The van der Waals surface area contributed by atoms with Crippen LogP contribution in [0, 0.1) is 0 Å². The Morgan fingerprint density at radius 1 is 1.32 bits per heavy atom. The highest BCUT2D eigenvalue weighted by Crippen LogP contribution is 2.30. The number of rotatable bonds is 14. The van der Waals surface area contributed by atoms with Gasteiger partial charge in [-0.05, 0) is 34.6 Å². The summed E-state index contributed by atoms with van der Waals surface area (Å²) in [6.45, 7) is 5.90. The van der Waals surface area contributed by atoms with Gasteiger partial charge in [-0.3, -0.25) is 14.7 Å². The minimum absolute atomic E-state index is 0.0617. The number of nitrogens with zero attached hydrogens (tertiary/aromatic N) is 4. The predicted octanol–water partition coefficient (Wildman–Crippen LogP) is 1.24. The summed E-state index contributed by atoms with van der Waals surface area (Å²) >= 11 is 0. The fourth-order valence-corrected chi connectivity index (χ4v) is 2.79. The maximum atomic E-state index is 15.5. The highest BCUT2D eigenvalue weighted by atomic mass is 19.2. The highest BCUT2D eigenvalue weighted by molar-refractivity contribution is 5.77. The Morgan fingerprint density at radius 2 is 2.03 bits per heavy atom. The number of esters is 1. The molecule has 0 aliphatic rings. The highest BCUT2D eigenvalue weighted by Gasteiger charge is 2.41. The third-order valence-corrected chi connectivity index (χ3v) is 4.58. The quantitative estimate of drug-likeness (QED) is 0.199. The second kappa shape index (κ2) is 12.1. The number of imidazole rings is 1. The Bertz CT molecular complexity index is 946. The van der Waals surface area contributed by atoms with Gasteiger partial charge < -0.3 is 29.8 Å². The zero-order chi connectivity index (χ0) is 25.5. The molecule has 2 heterocycles. The molecule has 0 saturated carbocycles. The summed E-state index contributed by atoms with van der Waals surface area (Å²) in [5.74, 6) is -3.38. The van der Waals surface area contributed by atoms with E-state index in [-0.39, 0.29) is 42.4 Å². The number of hydrogen-bond donors (Lipinski definition) is 3. The molecule has 2 rings (SSSR count). The smallest absolute Gasteiger partial charge is 0.323 e. The summed E-state index contributed by atoms with van der Waals surface area (Å²) in [6.07, 6.45) is -2.37. The van der Waals surface area contributed by atoms with Crippen LogP contribution in [0.25, 0.3) is 11.2 Å². The summed E-state index contributed by atoms with van der Waals surface area (Å²) in [4.78, 5) is 23.9. The van der Waals surface area contributed by atoms with Gasteiger partial charge in [0.25, 0.3) is 5.85 Å². The van der Waals surface area contributed by atoms with E-state index in [1.165, 1.54) is 6.33 Å². The Hall–Kier alpha value is -2.68. The lowest BCUT2D eigenvalue weighted by Gasteiger charge is -2.32. The summed E-state index contributed by atoms with van der Waals surface area (Å²) in [5, 5.41) is 12.7. The average Bonchev–Trinajstić information content (AvgIpc) is 3.18. The van der Waals surface area contributed by atoms with Gasteiger partial charge in [0.05, 0.1) is 25.8 Å². The first-order chi connectivity index (χ1) is 16.0. The lowest BCUT2D eigenvalue weighted by atomic mass is 10.2. The second-order valence-electron chi connectivity index (χ2n) is 7.74. The molecule has 14 heteroatoms. The molecule has 34 heavy (non-hydrogen) atoms. The molecule has 0 bridgehead atoms. The van der Waals surface area contributed by atoms with E-state index in [0.717, 1.165) is 11.5 Å². The Kier molecular flexibility index (Phi) is 9.85. The molecule has 1 unspecified atom stereocenters. The van der Waals surface area contributed by atoms with E-state index in [9.17, 15) is 14.3 Å². The number of hydrogen-bond acceptors (Lipinski definition) is 11. The zero-order valence-electron chi connectivity index (χ0n) is 19.8. The summed E-state index contributed by atoms with van der Waals surface area (Å²) in [6, 6.07) is -0.718. The minimum atomic E-state index is -2.81. The maximum Gasteiger partial charge on any atom is 0.323 e. The number of aliphatic hydroxyl groups excluding tert-OH is 1. The molecule has 4 N–H and O–H groups in total. The van der Waals surface area contributed by atoms with Crippen molar-refractivity contribution in [2.24, 2.45) is 0 Å². The monoisotopic (exact) mass is 490 g/mol. The molecule has 0 radical (unpaired) electrons. The summed E-state index contributed by atoms with van der Waals surface area (Å²) < 4.78 is 51.5. The third kappa shape index (κ3) is 6.91. The molecule has 0 amide bonds. The molecule has 0 spiro atoms. The van der Waals surface area contributed by atoms with Crippen molar-refractivity contribution in [1.29, 1.82) is 0 Å². The van der Waals surface area contributed by atoms with Crippen molar-refractivity contribution in [1.82, 2.24) is 24.8 Å². The molecule has 0 fully saturated rings. The number of halogens is 2. The van der Waals surface area contributed by atoms with Crippen molar-refractivity contribution in [3.05, 3.63) is 6.33 Å². The first-order valence-electron chi connectivity index (χ1n) is 10.8. The van der Waals surface area contributed by atoms with E-state index in [1.807, 2.05) is 0 Å². The SMILES string of the molecule is CCOc1nc(N)nc2c1ncn2[C@@H](CF)O[C@](F)(COCNC(C)C(=O)OC(C)C)[C@H](C)O. The molecule has 4 atom stereocenters. The van der Waals surface area contributed by atoms with E-state index in [0.29, 0.717) is 0 Å². The van der Waals surface area contributed by atoms with Crippen LogP contribution < -0.4 is 15.8 Å². The number of fused-ring (bicyclic) bond motifs is 1. The fraction of sp³-hybridized carbons (Fsp3) is 0.700. The predicted molar refractivity (Wildman–Crippen MR) is 117 cm³/mol. The summed E-state index contributed by atoms with van der Waals surface area (Å²) in [5.41, 5.74) is 5.95. The fourth-order valence-electron chi connectivity index (χ4n) is 2.79. The van der Waals surface area contributed by atoms with Gasteiger partial charge in [0.2, 0.25) is 11.8 Å². The van der Waals surface area contributed by atoms with Crippen LogP contribution in [0.3, 0.4) is 0 Å². The number of aromatic nitrogens is 4. The van der Waals surface area contributed by atoms with E-state index in [1.54, 1.807) is 27.7 Å². The number of anilines is 1. The molecule has 2 aromatic rings. The van der Waals surface area contributed by atoms with Crippen molar-refractivity contribution in [2.75, 3.05) is 32.4 Å². The molecular weight excluding hydrogens is 458 g/mol. The van der Waals surface area contributed by atoms with Gasteiger partial charge in [-0.15, -0.1) is 0 Å². The number of ether oxygens (including phenoxy) is 4. The van der Waals surface area contributed by atoms with Crippen LogP contribution in [0.15, 0.2) is 6.33 Å². The van der Waals surface area contributed by atoms with Gasteiger partial charge in [-0.1, -0.05) is 0 Å². The summed E-state index contributed by atoms with van der Waals surface area (Å²) in [7, 11) is 0.